The van der Waals surface area contributed by atoms with Gasteiger partial charge in [0.25, 0.3) is 0 Å². The van der Waals surface area contributed by atoms with Gasteiger partial charge in [-0.3, -0.25) is 9.69 Å². The number of likely N-dealkylation sites (tertiary alicyclic amines) is 1. The molecule has 1 atom stereocenters. The molecule has 1 amide bonds. The van der Waals surface area contributed by atoms with E-state index < -0.39 is 0 Å². The van der Waals surface area contributed by atoms with E-state index in [1.54, 1.807) is 6.33 Å². The molecular formula is C18H25N5OS. The van der Waals surface area contributed by atoms with Crippen LogP contribution in [0.4, 0.5) is 5.69 Å². The van der Waals surface area contributed by atoms with E-state index in [4.69, 9.17) is 12.2 Å². The third-order valence-electron chi connectivity index (χ3n) is 4.57. The van der Waals surface area contributed by atoms with Crippen LogP contribution in [0.2, 0.25) is 0 Å². The van der Waals surface area contributed by atoms with Crippen molar-refractivity contribution in [1.29, 1.82) is 0 Å². The number of hydrogen-bond donors (Lipinski definition) is 1. The molecule has 2 heterocycles. The average Bonchev–Trinajstić information content (AvgIpc) is 2.97. The molecule has 25 heavy (non-hydrogen) atoms. The van der Waals surface area contributed by atoms with Crippen LogP contribution in [0.1, 0.15) is 32.7 Å². The van der Waals surface area contributed by atoms with E-state index in [0.29, 0.717) is 12.7 Å². The van der Waals surface area contributed by atoms with E-state index in [9.17, 15) is 4.79 Å². The predicted octanol–water partition coefficient (Wildman–Crippen LogP) is 3.30. The fourth-order valence-electron chi connectivity index (χ4n) is 3.15. The number of benzene rings is 1. The van der Waals surface area contributed by atoms with Gasteiger partial charge in [0.2, 0.25) is 5.91 Å². The average molecular weight is 359 g/mol. The maximum atomic E-state index is 12.5. The SMILES string of the molecule is CC(C)n1cnn(CN2CCCC(C(=O)Nc3ccccc3)C2)c1=S. The Morgan fingerprint density at radius 2 is 2.12 bits per heavy atom. The van der Waals surface area contributed by atoms with Gasteiger partial charge in [-0.15, -0.1) is 0 Å². The first-order valence-electron chi connectivity index (χ1n) is 8.77. The Labute approximate surface area is 153 Å². The molecule has 1 aliphatic heterocycles. The van der Waals surface area contributed by atoms with Crippen molar-refractivity contribution in [2.45, 2.75) is 39.4 Å². The van der Waals surface area contributed by atoms with Crippen LogP contribution in [0.5, 0.6) is 0 Å². The summed E-state index contributed by atoms with van der Waals surface area (Å²) in [7, 11) is 0. The summed E-state index contributed by atoms with van der Waals surface area (Å²) in [5, 5.41) is 7.42. The van der Waals surface area contributed by atoms with Crippen LogP contribution in [0.25, 0.3) is 0 Å². The molecule has 0 spiro atoms. The second-order valence-corrected chi connectivity index (χ2v) is 7.19. The van der Waals surface area contributed by atoms with Gasteiger partial charge in [0.15, 0.2) is 4.77 Å². The van der Waals surface area contributed by atoms with Gasteiger partial charge in [0, 0.05) is 18.3 Å². The largest absolute Gasteiger partial charge is 0.326 e. The van der Waals surface area contributed by atoms with Crippen molar-refractivity contribution in [3.8, 4) is 0 Å². The molecule has 1 N–H and O–H groups in total. The Hall–Kier alpha value is -1.99. The van der Waals surface area contributed by atoms with Crippen LogP contribution >= 0.6 is 12.2 Å². The zero-order valence-corrected chi connectivity index (χ0v) is 15.6. The fraction of sp³-hybridized carbons (Fsp3) is 0.500. The van der Waals surface area contributed by atoms with Crippen LogP contribution in [0.3, 0.4) is 0 Å². The molecule has 0 radical (unpaired) electrons. The van der Waals surface area contributed by atoms with E-state index in [-0.39, 0.29) is 11.8 Å². The number of hydrogen-bond acceptors (Lipinski definition) is 4. The monoisotopic (exact) mass is 359 g/mol. The summed E-state index contributed by atoms with van der Waals surface area (Å²) in [5.74, 6) is 0.0857. The molecule has 0 bridgehead atoms. The minimum Gasteiger partial charge on any atom is -0.326 e. The van der Waals surface area contributed by atoms with Crippen LogP contribution < -0.4 is 5.32 Å². The van der Waals surface area contributed by atoms with Crippen LogP contribution in [0.15, 0.2) is 36.7 Å². The summed E-state index contributed by atoms with van der Waals surface area (Å²) in [6, 6.07) is 9.92. The van der Waals surface area contributed by atoms with Crippen molar-refractivity contribution in [3.63, 3.8) is 0 Å². The van der Waals surface area contributed by atoms with Crippen molar-refractivity contribution in [3.05, 3.63) is 41.4 Å². The molecule has 1 aromatic heterocycles. The maximum Gasteiger partial charge on any atom is 0.228 e. The molecular weight excluding hydrogens is 334 g/mol. The third kappa shape index (κ3) is 4.35. The summed E-state index contributed by atoms with van der Waals surface area (Å²) >= 11 is 5.50. The highest BCUT2D eigenvalue weighted by Gasteiger charge is 2.26. The number of anilines is 1. The zero-order chi connectivity index (χ0) is 17.8. The third-order valence-corrected chi connectivity index (χ3v) is 4.99. The first-order chi connectivity index (χ1) is 12.0. The standard InChI is InChI=1S/C18H25N5OS/c1-14(2)22-12-19-23(18(22)25)13-21-10-6-7-15(11-21)17(24)20-16-8-4-3-5-9-16/h3-5,8-9,12,14-15H,6-7,10-11,13H2,1-2H3,(H,20,24). The lowest BCUT2D eigenvalue weighted by Gasteiger charge is -2.31. The van der Waals surface area contributed by atoms with Gasteiger partial charge >= 0.3 is 0 Å². The van der Waals surface area contributed by atoms with Crippen LogP contribution in [-0.4, -0.2) is 38.2 Å². The van der Waals surface area contributed by atoms with Gasteiger partial charge in [0.1, 0.15) is 6.33 Å². The maximum absolute atomic E-state index is 12.5. The number of amides is 1. The summed E-state index contributed by atoms with van der Waals surface area (Å²) < 4.78 is 4.55. The Kier molecular flexibility index (Phi) is 5.65. The number of aromatic nitrogens is 3. The zero-order valence-electron chi connectivity index (χ0n) is 14.8. The van der Waals surface area contributed by atoms with Crippen molar-refractivity contribution in [2.24, 2.45) is 5.92 Å². The number of carbonyl (C=O) groups excluding carboxylic acids is 1. The van der Waals surface area contributed by atoms with E-state index in [1.807, 2.05) is 39.6 Å². The smallest absolute Gasteiger partial charge is 0.228 e. The van der Waals surface area contributed by atoms with Gasteiger partial charge < -0.3 is 9.88 Å². The molecule has 2 aromatic rings. The Bertz CT molecular complexity index is 767. The Morgan fingerprint density at radius 3 is 2.80 bits per heavy atom. The second-order valence-electron chi connectivity index (χ2n) is 6.83. The molecule has 0 aliphatic carbocycles. The van der Waals surface area contributed by atoms with Crippen molar-refractivity contribution in [1.82, 2.24) is 19.2 Å². The molecule has 1 fully saturated rings. The van der Waals surface area contributed by atoms with Crippen LogP contribution in [0, 0.1) is 10.7 Å². The number of nitrogens with one attached hydrogen (secondary N) is 1. The van der Waals surface area contributed by atoms with Gasteiger partial charge in [-0.25, -0.2) is 4.68 Å². The second kappa shape index (κ2) is 7.93. The lowest BCUT2D eigenvalue weighted by molar-refractivity contribution is -0.121. The molecule has 134 valence electrons. The van der Waals surface area contributed by atoms with E-state index in [0.717, 1.165) is 36.4 Å². The molecule has 1 saturated heterocycles. The number of nitrogens with zero attached hydrogens (tertiary/aromatic N) is 4. The topological polar surface area (TPSA) is 55.1 Å². The van der Waals surface area contributed by atoms with Crippen molar-refractivity contribution < 1.29 is 4.79 Å². The number of rotatable bonds is 5. The summed E-state index contributed by atoms with van der Waals surface area (Å²) in [4.78, 5) is 14.8. The summed E-state index contributed by atoms with van der Waals surface area (Å²) in [5.41, 5.74) is 0.850. The fourth-order valence-corrected chi connectivity index (χ4v) is 3.52. The normalized spacial score (nSPS) is 18.4. The molecule has 1 aromatic carbocycles. The van der Waals surface area contributed by atoms with Crippen LogP contribution in [-0.2, 0) is 11.5 Å². The molecule has 1 aliphatic rings. The minimum absolute atomic E-state index is 0.00434. The minimum atomic E-state index is -0.00434. The Balaban J connectivity index is 1.61. The highest BCUT2D eigenvalue weighted by atomic mass is 32.1. The predicted molar refractivity (Wildman–Crippen MR) is 101 cm³/mol. The van der Waals surface area contributed by atoms with Gasteiger partial charge in [-0.05, 0) is 57.6 Å². The Morgan fingerprint density at radius 1 is 1.36 bits per heavy atom. The summed E-state index contributed by atoms with van der Waals surface area (Å²) in [6.45, 7) is 6.51. The number of carbonyl (C=O) groups is 1. The lowest BCUT2D eigenvalue weighted by Crippen LogP contribution is -2.41. The lowest BCUT2D eigenvalue weighted by atomic mass is 9.97. The molecule has 3 rings (SSSR count). The number of para-hydroxylation sites is 1. The summed E-state index contributed by atoms with van der Waals surface area (Å²) in [6.07, 6.45) is 3.71. The van der Waals surface area contributed by atoms with E-state index in [2.05, 4.69) is 29.2 Å². The molecule has 6 nitrogen and oxygen atoms in total. The van der Waals surface area contributed by atoms with Crippen molar-refractivity contribution >= 4 is 23.8 Å². The highest BCUT2D eigenvalue weighted by Crippen LogP contribution is 2.19. The van der Waals surface area contributed by atoms with Crippen molar-refractivity contribution in [2.75, 3.05) is 18.4 Å². The highest BCUT2D eigenvalue weighted by molar-refractivity contribution is 7.71. The van der Waals surface area contributed by atoms with Gasteiger partial charge in [0.05, 0.1) is 12.6 Å². The van der Waals surface area contributed by atoms with Gasteiger partial charge in [-0.2, -0.15) is 5.10 Å². The quantitative estimate of drug-likeness (QED) is 0.832. The first kappa shape index (κ1) is 17.8. The van der Waals surface area contributed by atoms with E-state index in [1.165, 1.54) is 0 Å². The molecule has 1 unspecified atom stereocenters. The number of piperidine rings is 1. The first-order valence-corrected chi connectivity index (χ1v) is 9.17. The molecule has 7 heteroatoms. The van der Waals surface area contributed by atoms with Gasteiger partial charge in [-0.1, -0.05) is 18.2 Å². The molecule has 0 saturated carbocycles. The van der Waals surface area contributed by atoms with E-state index >= 15 is 0 Å².